The Hall–Kier alpha value is -1.45. The smallest absolute Gasteiger partial charge is 0.343 e. The summed E-state index contributed by atoms with van der Waals surface area (Å²) in [5.74, 6) is 0. The summed E-state index contributed by atoms with van der Waals surface area (Å²) in [5, 5.41) is -1.07. The Labute approximate surface area is 124 Å². The SMILES string of the molecule is COP(=O)(OC)[C@@]1(c2ccccc2)O[C@H]1c1ccccc1. The van der Waals surface area contributed by atoms with Crippen LogP contribution >= 0.6 is 7.60 Å². The Kier molecular flexibility index (Phi) is 3.72. The first kappa shape index (κ1) is 14.5. The number of rotatable bonds is 5. The third kappa shape index (κ3) is 2.16. The van der Waals surface area contributed by atoms with E-state index >= 15 is 0 Å². The van der Waals surface area contributed by atoms with Crippen LogP contribution in [0.2, 0.25) is 0 Å². The summed E-state index contributed by atoms with van der Waals surface area (Å²) in [5.41, 5.74) is 1.75. The summed E-state index contributed by atoms with van der Waals surface area (Å²) >= 11 is 0. The van der Waals surface area contributed by atoms with Gasteiger partial charge < -0.3 is 13.8 Å². The zero-order valence-electron chi connectivity index (χ0n) is 11.9. The van der Waals surface area contributed by atoms with Gasteiger partial charge >= 0.3 is 7.60 Å². The van der Waals surface area contributed by atoms with E-state index in [9.17, 15) is 4.57 Å². The molecule has 110 valence electrons. The monoisotopic (exact) mass is 304 g/mol. The van der Waals surface area contributed by atoms with Crippen molar-refractivity contribution in [3.05, 3.63) is 71.8 Å². The molecule has 1 fully saturated rings. The van der Waals surface area contributed by atoms with Crippen molar-refractivity contribution in [2.24, 2.45) is 0 Å². The van der Waals surface area contributed by atoms with Gasteiger partial charge in [-0.15, -0.1) is 0 Å². The maximum Gasteiger partial charge on any atom is 0.369 e. The third-order valence-corrected chi connectivity index (χ3v) is 6.15. The highest BCUT2D eigenvalue weighted by Crippen LogP contribution is 2.79. The molecule has 1 aliphatic rings. The van der Waals surface area contributed by atoms with E-state index in [1.54, 1.807) is 0 Å². The maximum atomic E-state index is 13.0. The average Bonchev–Trinajstić information content (AvgIpc) is 3.33. The first-order chi connectivity index (χ1) is 10.2. The highest BCUT2D eigenvalue weighted by molar-refractivity contribution is 7.55. The maximum absolute atomic E-state index is 13.0. The van der Waals surface area contributed by atoms with Crippen LogP contribution in [-0.4, -0.2) is 14.2 Å². The van der Waals surface area contributed by atoms with Crippen LogP contribution in [0.25, 0.3) is 0 Å². The van der Waals surface area contributed by atoms with E-state index < -0.39 is 12.9 Å². The summed E-state index contributed by atoms with van der Waals surface area (Å²) in [4.78, 5) is 0. The molecule has 0 saturated carbocycles. The first-order valence-corrected chi connectivity index (χ1v) is 8.22. The average molecular weight is 304 g/mol. The molecule has 0 N–H and O–H groups in total. The first-order valence-electron chi connectivity index (χ1n) is 6.68. The summed E-state index contributed by atoms with van der Waals surface area (Å²) in [6.07, 6.45) is -0.341. The van der Waals surface area contributed by atoms with Crippen LogP contribution in [0, 0.1) is 0 Å². The van der Waals surface area contributed by atoms with Gasteiger partial charge in [0, 0.05) is 14.2 Å². The number of ether oxygens (including phenoxy) is 1. The Morgan fingerprint density at radius 2 is 1.48 bits per heavy atom. The van der Waals surface area contributed by atoms with E-state index in [-0.39, 0.29) is 6.10 Å². The minimum Gasteiger partial charge on any atom is -0.343 e. The number of hydrogen-bond acceptors (Lipinski definition) is 4. The van der Waals surface area contributed by atoms with Crippen LogP contribution < -0.4 is 0 Å². The van der Waals surface area contributed by atoms with Gasteiger partial charge in [0.05, 0.1) is 0 Å². The molecule has 5 heteroatoms. The second-order valence-electron chi connectivity index (χ2n) is 4.83. The van der Waals surface area contributed by atoms with Crippen LogP contribution in [0.1, 0.15) is 17.2 Å². The molecule has 21 heavy (non-hydrogen) atoms. The molecule has 2 aromatic rings. The van der Waals surface area contributed by atoms with Crippen molar-refractivity contribution in [1.29, 1.82) is 0 Å². The number of benzene rings is 2. The van der Waals surface area contributed by atoms with Gasteiger partial charge in [0.25, 0.3) is 0 Å². The molecule has 0 spiro atoms. The predicted molar refractivity (Wildman–Crippen MR) is 80.0 cm³/mol. The fourth-order valence-electron chi connectivity index (χ4n) is 2.68. The molecular weight excluding hydrogens is 287 g/mol. The van der Waals surface area contributed by atoms with Gasteiger partial charge in [0.15, 0.2) is 0 Å². The van der Waals surface area contributed by atoms with Crippen LogP contribution in [0.15, 0.2) is 60.7 Å². The molecule has 3 rings (SSSR count). The van der Waals surface area contributed by atoms with Gasteiger partial charge in [-0.3, -0.25) is 4.57 Å². The van der Waals surface area contributed by atoms with Crippen molar-refractivity contribution in [3.63, 3.8) is 0 Å². The molecule has 4 nitrogen and oxygen atoms in total. The lowest BCUT2D eigenvalue weighted by Crippen LogP contribution is -2.13. The van der Waals surface area contributed by atoms with E-state index in [1.807, 2.05) is 60.7 Å². The zero-order chi connectivity index (χ0) is 14.9. The Morgan fingerprint density at radius 1 is 0.952 bits per heavy atom. The van der Waals surface area contributed by atoms with Crippen molar-refractivity contribution in [3.8, 4) is 0 Å². The van der Waals surface area contributed by atoms with Crippen LogP contribution in [0.5, 0.6) is 0 Å². The van der Waals surface area contributed by atoms with Crippen molar-refractivity contribution in [1.82, 2.24) is 0 Å². The quantitative estimate of drug-likeness (QED) is 0.616. The minimum absolute atomic E-state index is 0.341. The molecule has 1 saturated heterocycles. The van der Waals surface area contributed by atoms with E-state index in [4.69, 9.17) is 13.8 Å². The van der Waals surface area contributed by atoms with Gasteiger partial charge in [0.2, 0.25) is 5.34 Å². The summed E-state index contributed by atoms with van der Waals surface area (Å²) < 4.78 is 29.4. The molecule has 0 unspecified atom stereocenters. The predicted octanol–water partition coefficient (Wildman–Crippen LogP) is 4.10. The Bertz CT molecular complexity index is 650. The van der Waals surface area contributed by atoms with E-state index in [0.717, 1.165) is 11.1 Å². The lowest BCUT2D eigenvalue weighted by Gasteiger charge is -2.22. The molecule has 0 aromatic heterocycles. The minimum atomic E-state index is -3.44. The van der Waals surface area contributed by atoms with Gasteiger partial charge in [0.1, 0.15) is 6.10 Å². The fourth-order valence-corrected chi connectivity index (χ4v) is 4.50. The fraction of sp³-hybridized carbons (Fsp3) is 0.250. The topological polar surface area (TPSA) is 48.1 Å². The second kappa shape index (κ2) is 5.39. The second-order valence-corrected chi connectivity index (χ2v) is 7.22. The molecule has 0 amide bonds. The van der Waals surface area contributed by atoms with Crippen molar-refractivity contribution >= 4 is 7.60 Å². The largest absolute Gasteiger partial charge is 0.369 e. The normalized spacial score (nSPS) is 24.8. The van der Waals surface area contributed by atoms with Crippen LogP contribution in [0.3, 0.4) is 0 Å². The molecule has 1 aliphatic heterocycles. The van der Waals surface area contributed by atoms with Crippen molar-refractivity contribution in [2.75, 3.05) is 14.2 Å². The van der Waals surface area contributed by atoms with Crippen LogP contribution in [-0.2, 0) is 23.7 Å². The van der Waals surface area contributed by atoms with Crippen LogP contribution in [0.4, 0.5) is 0 Å². The van der Waals surface area contributed by atoms with E-state index in [0.29, 0.717) is 0 Å². The van der Waals surface area contributed by atoms with Crippen molar-refractivity contribution < 1.29 is 18.3 Å². The molecule has 2 atom stereocenters. The molecular formula is C16H17O4P. The standard InChI is InChI=1S/C16H17O4P/c1-18-21(17,19-2)16(14-11-7-4-8-12-14)15(20-16)13-9-5-3-6-10-13/h3-12,15H,1-2H3/t15-,16+/m0/s1. The Morgan fingerprint density at radius 3 is 2.00 bits per heavy atom. The third-order valence-electron chi connectivity index (χ3n) is 3.77. The molecule has 0 radical (unpaired) electrons. The van der Waals surface area contributed by atoms with E-state index in [2.05, 4.69) is 0 Å². The number of epoxide rings is 1. The van der Waals surface area contributed by atoms with E-state index in [1.165, 1.54) is 14.2 Å². The zero-order valence-corrected chi connectivity index (χ0v) is 12.8. The van der Waals surface area contributed by atoms with Crippen molar-refractivity contribution in [2.45, 2.75) is 11.4 Å². The van der Waals surface area contributed by atoms with Gasteiger partial charge in [-0.1, -0.05) is 60.7 Å². The molecule has 1 heterocycles. The van der Waals surface area contributed by atoms with Gasteiger partial charge in [-0.2, -0.15) is 0 Å². The number of hydrogen-bond donors (Lipinski definition) is 0. The molecule has 0 aliphatic carbocycles. The summed E-state index contributed by atoms with van der Waals surface area (Å²) in [7, 11) is -0.663. The Balaban J connectivity index is 2.10. The summed E-state index contributed by atoms with van der Waals surface area (Å²) in [6.45, 7) is 0. The summed E-state index contributed by atoms with van der Waals surface area (Å²) in [6, 6.07) is 19.1. The lowest BCUT2D eigenvalue weighted by atomic mass is 10.0. The highest BCUT2D eigenvalue weighted by Gasteiger charge is 2.71. The van der Waals surface area contributed by atoms with Gasteiger partial charge in [-0.05, 0) is 11.1 Å². The lowest BCUT2D eigenvalue weighted by molar-refractivity contribution is 0.229. The molecule has 0 bridgehead atoms. The van der Waals surface area contributed by atoms with Gasteiger partial charge in [-0.25, -0.2) is 0 Å². The highest BCUT2D eigenvalue weighted by atomic mass is 31.2. The molecule has 2 aromatic carbocycles.